The molecule has 3 rings (SSSR count). The summed E-state index contributed by atoms with van der Waals surface area (Å²) < 4.78 is 5.59. The molecule has 0 aromatic rings. The number of ether oxygens (including phenoxy) is 1. The van der Waals surface area contributed by atoms with Crippen LogP contribution in [0.1, 0.15) is 32.6 Å². The Balaban J connectivity index is 1.73. The molecule has 21 heavy (non-hydrogen) atoms. The summed E-state index contributed by atoms with van der Waals surface area (Å²) in [4.78, 5) is 37.8. The lowest BCUT2D eigenvalue weighted by Gasteiger charge is -2.39. The van der Waals surface area contributed by atoms with Crippen LogP contribution in [0.25, 0.3) is 0 Å². The van der Waals surface area contributed by atoms with E-state index in [1.54, 1.807) is 4.90 Å². The second-order valence-corrected chi connectivity index (χ2v) is 6.07. The molecule has 0 aromatic heterocycles. The van der Waals surface area contributed by atoms with Gasteiger partial charge in [0.2, 0.25) is 5.91 Å². The first-order chi connectivity index (χ1) is 10.1. The molecule has 3 aliphatic rings. The van der Waals surface area contributed by atoms with Crippen LogP contribution in [0.5, 0.6) is 0 Å². The molecule has 116 valence electrons. The van der Waals surface area contributed by atoms with Crippen LogP contribution >= 0.6 is 0 Å². The molecule has 3 aliphatic heterocycles. The van der Waals surface area contributed by atoms with E-state index in [0.29, 0.717) is 26.0 Å². The second-order valence-electron chi connectivity index (χ2n) is 6.07. The Morgan fingerprint density at radius 1 is 1.48 bits per heavy atom. The van der Waals surface area contributed by atoms with Crippen LogP contribution < -0.4 is 10.6 Å². The van der Waals surface area contributed by atoms with Crippen molar-refractivity contribution < 1.29 is 19.1 Å². The number of piperidine rings is 1. The molecule has 3 saturated heterocycles. The summed E-state index contributed by atoms with van der Waals surface area (Å²) in [5.41, 5.74) is -0.938. The first-order valence-corrected chi connectivity index (χ1v) is 7.60. The van der Waals surface area contributed by atoms with E-state index >= 15 is 0 Å². The van der Waals surface area contributed by atoms with E-state index in [1.807, 2.05) is 6.92 Å². The maximum absolute atomic E-state index is 12.7. The minimum absolute atomic E-state index is 0.0256. The van der Waals surface area contributed by atoms with Crippen molar-refractivity contribution in [2.24, 2.45) is 5.92 Å². The first kappa shape index (κ1) is 14.3. The fourth-order valence-electron chi connectivity index (χ4n) is 3.63. The van der Waals surface area contributed by atoms with Gasteiger partial charge in [0.25, 0.3) is 5.91 Å². The Morgan fingerprint density at radius 3 is 2.95 bits per heavy atom. The summed E-state index contributed by atoms with van der Waals surface area (Å²) in [5, 5.41) is 4.97. The number of nitrogens with one attached hydrogen (secondary N) is 2. The van der Waals surface area contributed by atoms with Gasteiger partial charge < -0.3 is 15.0 Å². The molecule has 2 N–H and O–H groups in total. The number of carbonyl (C=O) groups excluding carboxylic acids is 3. The Labute approximate surface area is 123 Å². The average Bonchev–Trinajstić information content (AvgIpc) is 3.03. The number of carbonyl (C=O) groups is 3. The van der Waals surface area contributed by atoms with Crippen molar-refractivity contribution in [2.75, 3.05) is 19.7 Å². The van der Waals surface area contributed by atoms with Crippen molar-refractivity contribution in [1.82, 2.24) is 15.5 Å². The van der Waals surface area contributed by atoms with Crippen molar-refractivity contribution in [3.63, 3.8) is 0 Å². The third-order valence-corrected chi connectivity index (χ3v) is 4.75. The minimum Gasteiger partial charge on any atom is -0.377 e. The van der Waals surface area contributed by atoms with Crippen LogP contribution in [-0.4, -0.2) is 54.1 Å². The quantitative estimate of drug-likeness (QED) is 0.702. The molecule has 3 atom stereocenters. The molecule has 7 nitrogen and oxygen atoms in total. The van der Waals surface area contributed by atoms with Crippen molar-refractivity contribution >= 4 is 17.8 Å². The Kier molecular flexibility index (Phi) is 3.61. The Morgan fingerprint density at radius 2 is 2.29 bits per heavy atom. The molecule has 0 bridgehead atoms. The van der Waals surface area contributed by atoms with Crippen LogP contribution in [0, 0.1) is 5.92 Å². The van der Waals surface area contributed by atoms with Gasteiger partial charge in [-0.05, 0) is 25.7 Å². The van der Waals surface area contributed by atoms with Crippen molar-refractivity contribution in [3.8, 4) is 0 Å². The zero-order valence-electron chi connectivity index (χ0n) is 12.2. The second kappa shape index (κ2) is 5.29. The van der Waals surface area contributed by atoms with Gasteiger partial charge in [-0.3, -0.25) is 14.9 Å². The van der Waals surface area contributed by atoms with Crippen LogP contribution in [0.3, 0.4) is 0 Å². The normalized spacial score (nSPS) is 36.0. The van der Waals surface area contributed by atoms with Gasteiger partial charge in [-0.25, -0.2) is 4.79 Å². The third kappa shape index (κ3) is 2.39. The van der Waals surface area contributed by atoms with Crippen LogP contribution in [0.4, 0.5) is 4.79 Å². The zero-order chi connectivity index (χ0) is 15.0. The predicted molar refractivity (Wildman–Crippen MR) is 73.4 cm³/mol. The molecule has 3 heterocycles. The van der Waals surface area contributed by atoms with Gasteiger partial charge in [-0.15, -0.1) is 0 Å². The SMILES string of the molecule is CCC1OCCC1C(=O)N1CCCC2(C1)NC(=O)NC2=O. The minimum atomic E-state index is -0.938. The third-order valence-electron chi connectivity index (χ3n) is 4.75. The number of hydrogen-bond acceptors (Lipinski definition) is 4. The molecule has 4 amide bonds. The van der Waals surface area contributed by atoms with E-state index in [1.165, 1.54) is 0 Å². The number of likely N-dealkylation sites (tertiary alicyclic amines) is 1. The lowest BCUT2D eigenvalue weighted by atomic mass is 9.87. The highest BCUT2D eigenvalue weighted by atomic mass is 16.5. The summed E-state index contributed by atoms with van der Waals surface area (Å²) in [6.45, 7) is 3.52. The van der Waals surface area contributed by atoms with Gasteiger partial charge in [0.1, 0.15) is 5.54 Å². The monoisotopic (exact) mass is 295 g/mol. The zero-order valence-corrected chi connectivity index (χ0v) is 12.2. The molecular weight excluding hydrogens is 274 g/mol. The largest absolute Gasteiger partial charge is 0.377 e. The van der Waals surface area contributed by atoms with Crippen molar-refractivity contribution in [2.45, 2.75) is 44.2 Å². The first-order valence-electron chi connectivity index (χ1n) is 7.60. The summed E-state index contributed by atoms with van der Waals surface area (Å²) in [6.07, 6.45) is 2.81. The predicted octanol–water partition coefficient (Wildman–Crippen LogP) is 0.00210. The van der Waals surface area contributed by atoms with Gasteiger partial charge in [-0.1, -0.05) is 6.92 Å². The van der Waals surface area contributed by atoms with Crippen LogP contribution in [0.15, 0.2) is 0 Å². The lowest BCUT2D eigenvalue weighted by Crippen LogP contribution is -2.60. The number of hydrogen-bond donors (Lipinski definition) is 2. The van der Waals surface area contributed by atoms with Gasteiger partial charge in [-0.2, -0.15) is 0 Å². The fourth-order valence-corrected chi connectivity index (χ4v) is 3.63. The van der Waals surface area contributed by atoms with Crippen LogP contribution in [0.2, 0.25) is 0 Å². The van der Waals surface area contributed by atoms with E-state index in [9.17, 15) is 14.4 Å². The van der Waals surface area contributed by atoms with Gasteiger partial charge >= 0.3 is 6.03 Å². The van der Waals surface area contributed by atoms with Gasteiger partial charge in [0.05, 0.1) is 18.6 Å². The molecular formula is C14H21N3O4. The number of urea groups is 1. The highest BCUT2D eigenvalue weighted by molar-refractivity contribution is 6.07. The van der Waals surface area contributed by atoms with Crippen molar-refractivity contribution in [1.29, 1.82) is 0 Å². The standard InChI is InChI=1S/C14H21N3O4/c1-2-10-9(4-7-21-10)11(18)17-6-3-5-14(8-17)12(19)15-13(20)16-14/h9-10H,2-8H2,1H3,(H2,15,16,19,20). The van der Waals surface area contributed by atoms with E-state index in [4.69, 9.17) is 4.74 Å². The van der Waals surface area contributed by atoms with E-state index < -0.39 is 11.6 Å². The molecule has 0 aliphatic carbocycles. The average molecular weight is 295 g/mol. The van der Waals surface area contributed by atoms with E-state index in [2.05, 4.69) is 10.6 Å². The topological polar surface area (TPSA) is 87.7 Å². The number of nitrogens with zero attached hydrogens (tertiary/aromatic N) is 1. The summed E-state index contributed by atoms with van der Waals surface area (Å²) in [7, 11) is 0. The number of imide groups is 1. The smallest absolute Gasteiger partial charge is 0.322 e. The summed E-state index contributed by atoms with van der Waals surface area (Å²) in [6, 6.07) is -0.468. The molecule has 3 fully saturated rings. The van der Waals surface area contributed by atoms with Gasteiger partial charge in [0.15, 0.2) is 0 Å². The highest BCUT2D eigenvalue weighted by Crippen LogP contribution is 2.30. The maximum atomic E-state index is 12.7. The van der Waals surface area contributed by atoms with E-state index in [0.717, 1.165) is 12.8 Å². The van der Waals surface area contributed by atoms with E-state index in [-0.39, 0.29) is 30.4 Å². The lowest BCUT2D eigenvalue weighted by molar-refractivity contribution is -0.141. The van der Waals surface area contributed by atoms with Crippen molar-refractivity contribution in [3.05, 3.63) is 0 Å². The molecule has 7 heteroatoms. The summed E-state index contributed by atoms with van der Waals surface area (Å²) in [5.74, 6) is -0.391. The molecule has 3 unspecified atom stereocenters. The highest BCUT2D eigenvalue weighted by Gasteiger charge is 2.50. The molecule has 0 saturated carbocycles. The number of rotatable bonds is 2. The Hall–Kier alpha value is -1.63. The van der Waals surface area contributed by atoms with Gasteiger partial charge in [0, 0.05) is 13.2 Å². The van der Waals surface area contributed by atoms with Crippen LogP contribution in [-0.2, 0) is 14.3 Å². The molecule has 1 spiro atoms. The maximum Gasteiger partial charge on any atom is 0.322 e. The fraction of sp³-hybridized carbons (Fsp3) is 0.786. The molecule has 0 radical (unpaired) electrons. The molecule has 0 aromatic carbocycles. The Bertz CT molecular complexity index is 481. The summed E-state index contributed by atoms with van der Waals surface area (Å²) >= 11 is 0. The number of amides is 4.